The van der Waals surface area contributed by atoms with Crippen LogP contribution in [0.4, 0.5) is 0 Å². The van der Waals surface area contributed by atoms with Gasteiger partial charge in [0.25, 0.3) is 0 Å². The summed E-state index contributed by atoms with van der Waals surface area (Å²) in [5.74, 6) is 0. The molecule has 11 aromatic rings. The van der Waals surface area contributed by atoms with E-state index in [9.17, 15) is 0 Å². The van der Waals surface area contributed by atoms with E-state index < -0.39 is 0 Å². The summed E-state index contributed by atoms with van der Waals surface area (Å²) in [5.41, 5.74) is 7.55. The number of para-hydroxylation sites is 3. The van der Waals surface area contributed by atoms with Crippen molar-refractivity contribution < 1.29 is 0 Å². The highest BCUT2D eigenvalue weighted by molar-refractivity contribution is 6.39. The van der Waals surface area contributed by atoms with Crippen LogP contribution in [0.3, 0.4) is 0 Å². The van der Waals surface area contributed by atoms with Crippen molar-refractivity contribution in [2.45, 2.75) is 0 Å². The topological polar surface area (TPSA) is 9.34 Å². The first-order valence-electron chi connectivity index (χ1n) is 15.3. The van der Waals surface area contributed by atoms with Gasteiger partial charge in [-0.2, -0.15) is 0 Å². The predicted molar refractivity (Wildman–Crippen MR) is 188 cm³/mol. The van der Waals surface area contributed by atoms with Gasteiger partial charge in [-0.15, -0.1) is 0 Å². The number of nitrogens with zero attached hydrogens (tertiary/aromatic N) is 2. The van der Waals surface area contributed by atoms with Gasteiger partial charge in [-0.05, 0) is 51.2 Å². The lowest BCUT2D eigenvalue weighted by Crippen LogP contribution is -1.95. The zero-order valence-electron chi connectivity index (χ0n) is 23.8. The van der Waals surface area contributed by atoms with Crippen molar-refractivity contribution in [2.75, 3.05) is 0 Å². The molecule has 3 aromatic heterocycles. The molecule has 0 saturated carbocycles. The molecule has 0 N–H and O–H groups in total. The van der Waals surface area contributed by atoms with Crippen LogP contribution in [0.5, 0.6) is 0 Å². The molecule has 0 unspecified atom stereocenters. The Kier molecular flexibility index (Phi) is 4.10. The second kappa shape index (κ2) is 7.94. The Morgan fingerprint density at radius 3 is 1.77 bits per heavy atom. The summed E-state index contributed by atoms with van der Waals surface area (Å²) in [5, 5.41) is 15.5. The number of benzene rings is 8. The Balaban J connectivity index is 1.45. The third-order valence-electron chi connectivity index (χ3n) is 9.98. The number of aromatic nitrogens is 2. The standard InChI is InChI=1S/C42H24N2/c1-2-11-28-25(10-1)20-21-26-22-23-27(24-35(26)28)43-37-19-8-6-15-33(37)38-30-13-3-4-14-32(30)41-39(42(38)43)34-17-9-16-31-29-12-5-7-18-36(29)44(41)40(31)34/h1-24H. The molecule has 0 aliphatic carbocycles. The maximum Gasteiger partial charge on any atom is 0.0647 e. The second-order valence-electron chi connectivity index (χ2n) is 12.1. The van der Waals surface area contributed by atoms with E-state index in [0.717, 1.165) is 0 Å². The van der Waals surface area contributed by atoms with E-state index in [2.05, 4.69) is 155 Å². The van der Waals surface area contributed by atoms with Gasteiger partial charge in [-0.3, -0.25) is 0 Å². The maximum absolute atomic E-state index is 2.53. The van der Waals surface area contributed by atoms with Gasteiger partial charge >= 0.3 is 0 Å². The van der Waals surface area contributed by atoms with Crippen LogP contribution in [-0.2, 0) is 0 Å². The minimum Gasteiger partial charge on any atom is -0.308 e. The van der Waals surface area contributed by atoms with E-state index in [-0.39, 0.29) is 0 Å². The molecule has 202 valence electrons. The summed E-state index contributed by atoms with van der Waals surface area (Å²) >= 11 is 0. The minimum atomic E-state index is 1.19. The fourth-order valence-corrected chi connectivity index (χ4v) is 8.24. The average molecular weight is 557 g/mol. The van der Waals surface area contributed by atoms with Gasteiger partial charge in [0.1, 0.15) is 0 Å². The molecule has 0 bridgehead atoms. The maximum atomic E-state index is 2.53. The van der Waals surface area contributed by atoms with Crippen LogP contribution < -0.4 is 0 Å². The molecule has 0 spiro atoms. The first-order valence-corrected chi connectivity index (χ1v) is 15.3. The van der Waals surface area contributed by atoms with E-state index in [1.165, 1.54) is 97.9 Å². The third-order valence-corrected chi connectivity index (χ3v) is 9.98. The van der Waals surface area contributed by atoms with Crippen molar-refractivity contribution in [1.82, 2.24) is 8.97 Å². The molecule has 8 aromatic carbocycles. The SMILES string of the molecule is c1ccc2c(c1)ccc1ccc(-n3c4ccccc4c4c5ccccc5c5c(c6cccc7c8ccccc8n5c76)c43)cc12. The Labute approximate surface area is 251 Å². The van der Waals surface area contributed by atoms with Gasteiger partial charge in [-0.25, -0.2) is 0 Å². The Morgan fingerprint density at radius 1 is 0.318 bits per heavy atom. The van der Waals surface area contributed by atoms with E-state index >= 15 is 0 Å². The van der Waals surface area contributed by atoms with Crippen molar-refractivity contribution in [3.63, 3.8) is 0 Å². The molecule has 2 nitrogen and oxygen atoms in total. The smallest absolute Gasteiger partial charge is 0.0647 e. The Bertz CT molecular complexity index is 2990. The van der Waals surface area contributed by atoms with Crippen LogP contribution in [0.15, 0.2) is 146 Å². The Hall–Kier alpha value is -5.86. The molecule has 0 aliphatic rings. The summed E-state index contributed by atoms with van der Waals surface area (Å²) in [4.78, 5) is 0. The molecule has 0 aliphatic heterocycles. The second-order valence-corrected chi connectivity index (χ2v) is 12.1. The fourth-order valence-electron chi connectivity index (χ4n) is 8.24. The molecule has 0 atom stereocenters. The molecule has 2 heteroatoms. The molecular formula is C42H24N2. The van der Waals surface area contributed by atoms with Crippen molar-refractivity contribution in [3.8, 4) is 5.69 Å². The van der Waals surface area contributed by atoms with Gasteiger partial charge in [0.2, 0.25) is 0 Å². The number of rotatable bonds is 1. The van der Waals surface area contributed by atoms with Crippen LogP contribution in [0.1, 0.15) is 0 Å². The zero-order valence-corrected chi connectivity index (χ0v) is 23.8. The van der Waals surface area contributed by atoms with Crippen molar-refractivity contribution in [2.24, 2.45) is 0 Å². The molecule has 0 saturated heterocycles. The fraction of sp³-hybridized carbons (Fsp3) is 0. The minimum absolute atomic E-state index is 1.19. The molecule has 3 heterocycles. The summed E-state index contributed by atoms with van der Waals surface area (Å²) in [7, 11) is 0. The van der Waals surface area contributed by atoms with Crippen molar-refractivity contribution >= 4 is 92.2 Å². The normalized spacial score (nSPS) is 12.5. The summed E-state index contributed by atoms with van der Waals surface area (Å²) in [6.07, 6.45) is 0. The average Bonchev–Trinajstić information content (AvgIpc) is 3.73. The monoisotopic (exact) mass is 556 g/mol. The largest absolute Gasteiger partial charge is 0.308 e. The first kappa shape index (κ1) is 22.7. The van der Waals surface area contributed by atoms with E-state index in [4.69, 9.17) is 0 Å². The van der Waals surface area contributed by atoms with E-state index in [0.29, 0.717) is 0 Å². The highest BCUT2D eigenvalue weighted by Crippen LogP contribution is 2.48. The van der Waals surface area contributed by atoms with Crippen molar-refractivity contribution in [1.29, 1.82) is 0 Å². The van der Waals surface area contributed by atoms with Gasteiger partial charge in [0, 0.05) is 43.4 Å². The van der Waals surface area contributed by atoms with Crippen LogP contribution in [0.2, 0.25) is 0 Å². The van der Waals surface area contributed by atoms with Gasteiger partial charge in [0.05, 0.1) is 27.6 Å². The lowest BCUT2D eigenvalue weighted by atomic mass is 9.98. The lowest BCUT2D eigenvalue weighted by Gasteiger charge is -2.13. The van der Waals surface area contributed by atoms with Crippen LogP contribution in [0, 0.1) is 0 Å². The number of hydrogen-bond acceptors (Lipinski definition) is 0. The molecule has 44 heavy (non-hydrogen) atoms. The summed E-state index contributed by atoms with van der Waals surface area (Å²) in [6, 6.07) is 53.9. The van der Waals surface area contributed by atoms with Crippen molar-refractivity contribution in [3.05, 3.63) is 146 Å². The quantitative estimate of drug-likeness (QED) is 0.178. The summed E-state index contributed by atoms with van der Waals surface area (Å²) < 4.78 is 5.07. The summed E-state index contributed by atoms with van der Waals surface area (Å²) in [6.45, 7) is 0. The number of fused-ring (bicyclic) bond motifs is 16. The molecular weight excluding hydrogens is 532 g/mol. The van der Waals surface area contributed by atoms with Gasteiger partial charge in [0.15, 0.2) is 0 Å². The van der Waals surface area contributed by atoms with Crippen LogP contribution in [0.25, 0.3) is 97.9 Å². The lowest BCUT2D eigenvalue weighted by molar-refractivity contribution is 1.19. The van der Waals surface area contributed by atoms with E-state index in [1.807, 2.05) is 0 Å². The zero-order chi connectivity index (χ0) is 28.5. The van der Waals surface area contributed by atoms with E-state index in [1.54, 1.807) is 0 Å². The highest BCUT2D eigenvalue weighted by atomic mass is 15.0. The predicted octanol–water partition coefficient (Wildman–Crippen LogP) is 11.4. The molecule has 0 amide bonds. The molecule has 0 radical (unpaired) electrons. The number of hydrogen-bond donors (Lipinski definition) is 0. The highest BCUT2D eigenvalue weighted by Gasteiger charge is 2.25. The third kappa shape index (κ3) is 2.63. The molecule has 0 fully saturated rings. The Morgan fingerprint density at radius 2 is 0.909 bits per heavy atom. The first-order chi connectivity index (χ1) is 21.9. The van der Waals surface area contributed by atoms with Crippen LogP contribution in [-0.4, -0.2) is 8.97 Å². The van der Waals surface area contributed by atoms with Crippen LogP contribution >= 0.6 is 0 Å². The van der Waals surface area contributed by atoms with Gasteiger partial charge in [-0.1, -0.05) is 121 Å². The van der Waals surface area contributed by atoms with Gasteiger partial charge < -0.3 is 8.97 Å². The molecule has 11 rings (SSSR count).